The first-order valence-electron chi connectivity index (χ1n) is 17.2. The van der Waals surface area contributed by atoms with Gasteiger partial charge in [0.2, 0.25) is 0 Å². The Morgan fingerprint density at radius 3 is 1.25 bits per heavy atom. The minimum absolute atomic E-state index is 0.151. The molecule has 48 heavy (non-hydrogen) atoms. The molecule has 0 aliphatic heterocycles. The van der Waals surface area contributed by atoms with Crippen LogP contribution < -0.4 is 5.32 Å². The predicted molar refractivity (Wildman–Crippen MR) is 207 cm³/mol. The Morgan fingerprint density at radius 1 is 0.458 bits per heavy atom. The monoisotopic (exact) mass is 643 g/mol. The van der Waals surface area contributed by atoms with Gasteiger partial charge in [0.05, 0.1) is 0 Å². The molecule has 3 nitrogen and oxygen atoms in total. The normalized spacial score (nSPS) is 12.4. The first-order chi connectivity index (χ1) is 22.2. The van der Waals surface area contributed by atoms with Gasteiger partial charge < -0.3 is 15.5 Å². The number of hydrogen-bond acceptors (Lipinski definition) is 3. The Balaban J connectivity index is 0.000000255. The number of hydrogen-bond donors (Lipinski definition) is 3. The van der Waals surface area contributed by atoms with Crippen molar-refractivity contribution in [2.24, 2.45) is 0 Å². The van der Waals surface area contributed by atoms with Crippen LogP contribution in [0.2, 0.25) is 0 Å². The molecule has 5 aromatic carbocycles. The highest BCUT2D eigenvalue weighted by Crippen LogP contribution is 2.42. The maximum atomic E-state index is 11.1. The lowest BCUT2D eigenvalue weighted by molar-refractivity contribution is 0.422. The molecule has 0 radical (unpaired) electrons. The van der Waals surface area contributed by atoms with Gasteiger partial charge in [0.25, 0.3) is 0 Å². The lowest BCUT2D eigenvalue weighted by Gasteiger charge is -2.29. The Labute approximate surface area is 290 Å². The maximum Gasteiger partial charge on any atom is 0.123 e. The van der Waals surface area contributed by atoms with Crippen LogP contribution in [0.3, 0.4) is 0 Å². The summed E-state index contributed by atoms with van der Waals surface area (Å²) in [5, 5.41) is 28.1. The Morgan fingerprint density at radius 2 is 0.833 bits per heavy atom. The van der Waals surface area contributed by atoms with Gasteiger partial charge in [-0.15, -0.1) is 0 Å². The van der Waals surface area contributed by atoms with Gasteiger partial charge in [0, 0.05) is 16.8 Å². The Hall–Kier alpha value is -4.24. The minimum Gasteiger partial charge on any atom is -0.507 e. The highest BCUT2D eigenvalue weighted by Gasteiger charge is 2.29. The summed E-state index contributed by atoms with van der Waals surface area (Å²) >= 11 is 0. The second kappa shape index (κ2) is 13.7. The van der Waals surface area contributed by atoms with E-state index in [4.69, 9.17) is 0 Å². The summed E-state index contributed by atoms with van der Waals surface area (Å²) in [5.41, 5.74) is 7.99. The van der Waals surface area contributed by atoms with Crippen molar-refractivity contribution in [2.45, 2.75) is 111 Å². The number of fused-ring (bicyclic) bond motifs is 1. The average molecular weight is 644 g/mol. The molecule has 0 unspecified atom stereocenters. The van der Waals surface area contributed by atoms with Crippen LogP contribution in [0.4, 0.5) is 11.4 Å². The summed E-state index contributed by atoms with van der Waals surface area (Å²) in [5.74, 6) is 0.834. The zero-order valence-corrected chi connectivity index (χ0v) is 31.3. The van der Waals surface area contributed by atoms with Crippen molar-refractivity contribution in [3.8, 4) is 11.5 Å². The van der Waals surface area contributed by atoms with E-state index in [0.29, 0.717) is 11.5 Å². The van der Waals surface area contributed by atoms with E-state index in [1.54, 1.807) is 0 Å². The van der Waals surface area contributed by atoms with Crippen molar-refractivity contribution in [1.29, 1.82) is 0 Å². The lowest BCUT2D eigenvalue weighted by atomic mass is 9.76. The Bertz CT molecular complexity index is 1700. The molecule has 0 aliphatic carbocycles. The van der Waals surface area contributed by atoms with Crippen LogP contribution in [0.15, 0.2) is 97.1 Å². The number of nitrogens with one attached hydrogen (secondary N) is 1. The van der Waals surface area contributed by atoms with Crippen molar-refractivity contribution < 1.29 is 10.2 Å². The molecule has 5 aromatic rings. The van der Waals surface area contributed by atoms with E-state index in [-0.39, 0.29) is 21.7 Å². The van der Waals surface area contributed by atoms with Crippen LogP contribution in [0.25, 0.3) is 10.8 Å². The molecular weight excluding hydrogens is 587 g/mol. The van der Waals surface area contributed by atoms with E-state index in [1.165, 1.54) is 21.9 Å². The fourth-order valence-corrected chi connectivity index (χ4v) is 6.13. The van der Waals surface area contributed by atoms with Gasteiger partial charge in [-0.1, -0.05) is 162 Å². The quantitative estimate of drug-likeness (QED) is 0.183. The van der Waals surface area contributed by atoms with Crippen LogP contribution in [-0.4, -0.2) is 10.2 Å². The molecule has 254 valence electrons. The Kier molecular flexibility index (Phi) is 10.4. The molecule has 0 aliphatic rings. The number of para-hydroxylation sites is 1. The van der Waals surface area contributed by atoms with E-state index >= 15 is 0 Å². The summed E-state index contributed by atoms with van der Waals surface area (Å²) in [4.78, 5) is 0. The van der Waals surface area contributed by atoms with E-state index in [9.17, 15) is 10.2 Å². The third kappa shape index (κ3) is 8.81. The SMILES string of the molecule is CC(C)(C)c1cc(Cc2cc(C(C)(C)C)c(O)c(C(C)(C)C)c2)cc(C(C)(C)C)c1O.c1ccc(Nc2cccc3ccccc23)cc1. The molecule has 0 spiro atoms. The minimum atomic E-state index is -0.151. The fourth-order valence-electron chi connectivity index (χ4n) is 6.13. The van der Waals surface area contributed by atoms with Crippen molar-refractivity contribution >= 4 is 22.1 Å². The third-order valence-electron chi connectivity index (χ3n) is 8.82. The molecule has 0 saturated carbocycles. The highest BCUT2D eigenvalue weighted by molar-refractivity contribution is 5.95. The second-order valence-corrected chi connectivity index (χ2v) is 17.3. The standard InChI is InChI=1S/C29H44O2.C16H13N/c1-26(2,3)20-14-18(15-21(24(20)30)27(4,5)6)13-19-16-22(28(7,8)9)25(31)23(17-19)29(10,11)12;1-2-9-14(10-3-1)17-16-12-6-8-13-7-4-5-11-15(13)16/h14-17,30-31H,13H2,1-12H3;1-12,17H. The van der Waals surface area contributed by atoms with E-state index in [2.05, 4.69) is 167 Å². The van der Waals surface area contributed by atoms with Crippen molar-refractivity contribution in [1.82, 2.24) is 0 Å². The van der Waals surface area contributed by atoms with Crippen LogP contribution in [0, 0.1) is 0 Å². The number of anilines is 2. The first kappa shape index (κ1) is 36.6. The number of phenolic OH excluding ortho intramolecular Hbond substituents is 2. The summed E-state index contributed by atoms with van der Waals surface area (Å²) in [7, 11) is 0. The maximum absolute atomic E-state index is 11.1. The molecule has 0 atom stereocenters. The van der Waals surface area contributed by atoms with Crippen LogP contribution >= 0.6 is 0 Å². The van der Waals surface area contributed by atoms with Crippen LogP contribution in [0.1, 0.15) is 116 Å². The van der Waals surface area contributed by atoms with Crippen LogP contribution in [-0.2, 0) is 28.1 Å². The molecule has 0 amide bonds. The predicted octanol–water partition coefficient (Wildman–Crippen LogP) is 12.5. The third-order valence-corrected chi connectivity index (χ3v) is 8.82. The van der Waals surface area contributed by atoms with Gasteiger partial charge in [-0.05, 0) is 85.0 Å². The number of aromatic hydroxyl groups is 2. The van der Waals surface area contributed by atoms with Gasteiger partial charge in [-0.2, -0.15) is 0 Å². The zero-order chi connectivity index (χ0) is 35.7. The van der Waals surface area contributed by atoms with Gasteiger partial charge in [0.1, 0.15) is 11.5 Å². The van der Waals surface area contributed by atoms with Crippen molar-refractivity contribution in [3.05, 3.63) is 130 Å². The van der Waals surface area contributed by atoms with Crippen molar-refractivity contribution in [2.75, 3.05) is 5.32 Å². The van der Waals surface area contributed by atoms with Crippen molar-refractivity contribution in [3.63, 3.8) is 0 Å². The molecule has 5 rings (SSSR count). The van der Waals surface area contributed by atoms with E-state index < -0.39 is 0 Å². The number of phenols is 2. The molecule has 0 saturated heterocycles. The zero-order valence-electron chi connectivity index (χ0n) is 31.3. The summed E-state index contributed by atoms with van der Waals surface area (Å²) in [6.45, 7) is 25.8. The molecule has 0 aromatic heterocycles. The molecule has 0 fully saturated rings. The smallest absolute Gasteiger partial charge is 0.123 e. The highest BCUT2D eigenvalue weighted by atomic mass is 16.3. The van der Waals surface area contributed by atoms with Crippen LogP contribution in [0.5, 0.6) is 11.5 Å². The molecule has 0 heterocycles. The fraction of sp³-hybridized carbons (Fsp3) is 0.378. The lowest BCUT2D eigenvalue weighted by Crippen LogP contribution is -2.19. The topological polar surface area (TPSA) is 52.5 Å². The molecule has 0 bridgehead atoms. The summed E-state index contributed by atoms with van der Waals surface area (Å²) < 4.78 is 0. The molecule has 3 N–H and O–H groups in total. The van der Waals surface area contributed by atoms with Gasteiger partial charge in [-0.25, -0.2) is 0 Å². The van der Waals surface area contributed by atoms with Gasteiger partial charge in [-0.3, -0.25) is 0 Å². The largest absolute Gasteiger partial charge is 0.507 e. The van der Waals surface area contributed by atoms with E-state index in [0.717, 1.165) is 40.0 Å². The van der Waals surface area contributed by atoms with Gasteiger partial charge >= 0.3 is 0 Å². The average Bonchev–Trinajstić information content (AvgIpc) is 2.97. The summed E-state index contributed by atoms with van der Waals surface area (Å²) in [6, 6.07) is 33.6. The molecular formula is C45H57NO2. The second-order valence-electron chi connectivity index (χ2n) is 17.3. The summed E-state index contributed by atoms with van der Waals surface area (Å²) in [6.07, 6.45) is 0.763. The first-order valence-corrected chi connectivity index (χ1v) is 17.2. The number of rotatable bonds is 4. The molecule has 3 heteroatoms. The number of benzene rings is 5. The van der Waals surface area contributed by atoms with E-state index in [1.807, 2.05) is 18.2 Å². The van der Waals surface area contributed by atoms with Gasteiger partial charge in [0.15, 0.2) is 0 Å².